The number of nitro groups is 1. The zero-order valence-electron chi connectivity index (χ0n) is 12.0. The Morgan fingerprint density at radius 1 is 1.04 bits per heavy atom. The SMILES string of the molecule is CC(=O)Nc1ccc(NS(=O)(=O)c2ccccc2[N+](=O)[O-])cc1. The van der Waals surface area contributed by atoms with Crippen LogP contribution in [0.25, 0.3) is 0 Å². The highest BCUT2D eigenvalue weighted by atomic mass is 32.2. The molecular weight excluding hydrogens is 322 g/mol. The van der Waals surface area contributed by atoms with Crippen molar-refractivity contribution in [3.05, 3.63) is 58.6 Å². The van der Waals surface area contributed by atoms with Gasteiger partial charge in [0.15, 0.2) is 4.90 Å². The Morgan fingerprint density at radius 3 is 2.17 bits per heavy atom. The van der Waals surface area contributed by atoms with Crippen LogP contribution in [0, 0.1) is 10.1 Å². The first kappa shape index (κ1) is 16.4. The van der Waals surface area contributed by atoms with Crippen LogP contribution in [-0.4, -0.2) is 19.2 Å². The number of hydrogen-bond donors (Lipinski definition) is 2. The van der Waals surface area contributed by atoms with E-state index < -0.39 is 25.5 Å². The number of rotatable bonds is 5. The molecule has 0 heterocycles. The Bertz CT molecular complexity index is 847. The first-order valence-electron chi connectivity index (χ1n) is 6.43. The quantitative estimate of drug-likeness (QED) is 0.642. The molecule has 9 heteroatoms. The van der Waals surface area contributed by atoms with Gasteiger partial charge in [0.2, 0.25) is 5.91 Å². The second-order valence-corrected chi connectivity index (χ2v) is 6.24. The maximum Gasteiger partial charge on any atom is 0.289 e. The van der Waals surface area contributed by atoms with Crippen LogP contribution in [0.4, 0.5) is 17.1 Å². The molecule has 2 aromatic rings. The fraction of sp³-hybridized carbons (Fsp3) is 0.0714. The zero-order valence-corrected chi connectivity index (χ0v) is 12.8. The molecule has 0 aromatic heterocycles. The molecule has 0 aliphatic heterocycles. The van der Waals surface area contributed by atoms with Gasteiger partial charge in [-0.3, -0.25) is 19.6 Å². The van der Waals surface area contributed by atoms with Crippen molar-refractivity contribution in [2.24, 2.45) is 0 Å². The molecule has 0 saturated heterocycles. The summed E-state index contributed by atoms with van der Waals surface area (Å²) >= 11 is 0. The first-order chi connectivity index (χ1) is 10.8. The minimum absolute atomic E-state index is 0.220. The Labute approximate surface area is 132 Å². The highest BCUT2D eigenvalue weighted by Gasteiger charge is 2.25. The van der Waals surface area contributed by atoms with E-state index in [9.17, 15) is 23.3 Å². The van der Waals surface area contributed by atoms with Crippen molar-refractivity contribution >= 4 is 33.0 Å². The predicted octanol–water partition coefficient (Wildman–Crippen LogP) is 2.35. The third kappa shape index (κ3) is 4.04. The van der Waals surface area contributed by atoms with Crippen LogP contribution in [0.2, 0.25) is 0 Å². The Kier molecular flexibility index (Phi) is 4.60. The number of amides is 1. The number of anilines is 2. The second-order valence-electron chi connectivity index (χ2n) is 4.59. The second kappa shape index (κ2) is 6.44. The lowest BCUT2D eigenvalue weighted by atomic mass is 10.3. The molecule has 120 valence electrons. The van der Waals surface area contributed by atoms with Gasteiger partial charge in [0.05, 0.1) is 4.92 Å². The molecule has 0 saturated carbocycles. The van der Waals surface area contributed by atoms with Crippen molar-refractivity contribution in [3.63, 3.8) is 0 Å². The molecule has 0 radical (unpaired) electrons. The Balaban J connectivity index is 2.28. The maximum atomic E-state index is 12.3. The summed E-state index contributed by atoms with van der Waals surface area (Å²) in [6.45, 7) is 1.35. The molecular formula is C14H13N3O5S. The monoisotopic (exact) mass is 335 g/mol. The van der Waals surface area contributed by atoms with Crippen molar-refractivity contribution in [1.82, 2.24) is 0 Å². The number of sulfonamides is 1. The molecule has 0 spiro atoms. The van der Waals surface area contributed by atoms with Crippen molar-refractivity contribution in [1.29, 1.82) is 0 Å². The van der Waals surface area contributed by atoms with Crippen molar-refractivity contribution in [2.75, 3.05) is 10.0 Å². The third-order valence-corrected chi connectivity index (χ3v) is 4.24. The Hall–Kier alpha value is -2.94. The lowest BCUT2D eigenvalue weighted by molar-refractivity contribution is -0.387. The molecule has 2 N–H and O–H groups in total. The van der Waals surface area contributed by atoms with Crippen molar-refractivity contribution in [3.8, 4) is 0 Å². The number of carbonyl (C=O) groups excluding carboxylic acids is 1. The standard InChI is InChI=1S/C14H13N3O5S/c1-10(18)15-11-6-8-12(9-7-11)16-23(21,22)14-5-3-2-4-13(14)17(19)20/h2-9,16H,1H3,(H,15,18). The summed E-state index contributed by atoms with van der Waals surface area (Å²) in [5.74, 6) is -0.252. The summed E-state index contributed by atoms with van der Waals surface area (Å²) in [4.78, 5) is 20.7. The average Bonchev–Trinajstić information content (AvgIpc) is 2.48. The number of nitro benzene ring substituents is 1. The Morgan fingerprint density at radius 2 is 1.61 bits per heavy atom. The van der Waals surface area contributed by atoms with E-state index in [1.54, 1.807) is 0 Å². The van der Waals surface area contributed by atoms with Gasteiger partial charge in [0.25, 0.3) is 15.7 Å². The van der Waals surface area contributed by atoms with Gasteiger partial charge in [-0.05, 0) is 30.3 Å². The van der Waals surface area contributed by atoms with Gasteiger partial charge in [-0.15, -0.1) is 0 Å². The lowest BCUT2D eigenvalue weighted by Gasteiger charge is -2.09. The molecule has 2 aromatic carbocycles. The highest BCUT2D eigenvalue weighted by Crippen LogP contribution is 2.25. The molecule has 0 fully saturated rings. The van der Waals surface area contributed by atoms with Gasteiger partial charge in [0, 0.05) is 24.4 Å². The van der Waals surface area contributed by atoms with Crippen LogP contribution < -0.4 is 10.0 Å². The van der Waals surface area contributed by atoms with Crippen LogP contribution in [0.5, 0.6) is 0 Å². The summed E-state index contributed by atoms with van der Waals surface area (Å²) in [5.41, 5.74) is 0.221. The summed E-state index contributed by atoms with van der Waals surface area (Å²) in [6.07, 6.45) is 0. The summed E-state index contributed by atoms with van der Waals surface area (Å²) < 4.78 is 26.9. The van der Waals surface area contributed by atoms with E-state index in [4.69, 9.17) is 0 Å². The number of benzene rings is 2. The molecule has 0 aliphatic carbocycles. The number of para-hydroxylation sites is 1. The van der Waals surface area contributed by atoms with Gasteiger partial charge < -0.3 is 5.32 Å². The molecule has 0 bridgehead atoms. The number of carbonyl (C=O) groups is 1. The van der Waals surface area contributed by atoms with Crippen molar-refractivity contribution < 1.29 is 18.1 Å². The zero-order chi connectivity index (χ0) is 17.0. The van der Waals surface area contributed by atoms with E-state index in [-0.39, 0.29) is 11.6 Å². The van der Waals surface area contributed by atoms with Gasteiger partial charge >= 0.3 is 0 Å². The van der Waals surface area contributed by atoms with E-state index in [1.165, 1.54) is 43.3 Å². The van der Waals surface area contributed by atoms with E-state index in [0.29, 0.717) is 5.69 Å². The van der Waals surface area contributed by atoms with Crippen LogP contribution in [0.15, 0.2) is 53.4 Å². The molecule has 1 amide bonds. The smallest absolute Gasteiger partial charge is 0.289 e. The topological polar surface area (TPSA) is 118 Å². The molecule has 0 atom stereocenters. The first-order valence-corrected chi connectivity index (χ1v) is 7.92. The number of hydrogen-bond acceptors (Lipinski definition) is 5. The fourth-order valence-corrected chi connectivity index (χ4v) is 3.10. The summed E-state index contributed by atoms with van der Waals surface area (Å²) in [5, 5.41) is 13.5. The lowest BCUT2D eigenvalue weighted by Crippen LogP contribution is -2.14. The molecule has 0 aliphatic rings. The van der Waals surface area contributed by atoms with Crippen molar-refractivity contribution in [2.45, 2.75) is 11.8 Å². The summed E-state index contributed by atoms with van der Waals surface area (Å²) in [7, 11) is -4.10. The van der Waals surface area contributed by atoms with E-state index in [2.05, 4.69) is 10.0 Å². The highest BCUT2D eigenvalue weighted by molar-refractivity contribution is 7.92. The average molecular weight is 335 g/mol. The molecule has 8 nitrogen and oxygen atoms in total. The van der Waals surface area contributed by atoms with Crippen LogP contribution in [-0.2, 0) is 14.8 Å². The van der Waals surface area contributed by atoms with E-state index in [0.717, 1.165) is 12.1 Å². The summed E-state index contributed by atoms with van der Waals surface area (Å²) in [6, 6.07) is 11.0. The molecule has 0 unspecified atom stereocenters. The van der Waals surface area contributed by atoms with Crippen LogP contribution >= 0.6 is 0 Å². The number of nitrogens with zero attached hydrogens (tertiary/aromatic N) is 1. The van der Waals surface area contributed by atoms with Gasteiger partial charge in [-0.2, -0.15) is 0 Å². The van der Waals surface area contributed by atoms with Crippen LogP contribution in [0.1, 0.15) is 6.92 Å². The third-order valence-electron chi connectivity index (χ3n) is 2.81. The van der Waals surface area contributed by atoms with Gasteiger partial charge in [-0.25, -0.2) is 8.42 Å². The van der Waals surface area contributed by atoms with Crippen LogP contribution in [0.3, 0.4) is 0 Å². The largest absolute Gasteiger partial charge is 0.326 e. The molecule has 23 heavy (non-hydrogen) atoms. The van der Waals surface area contributed by atoms with Gasteiger partial charge in [-0.1, -0.05) is 12.1 Å². The maximum absolute atomic E-state index is 12.3. The molecule has 2 rings (SSSR count). The van der Waals surface area contributed by atoms with E-state index in [1.807, 2.05) is 0 Å². The number of nitrogens with one attached hydrogen (secondary N) is 2. The normalized spacial score (nSPS) is 10.8. The van der Waals surface area contributed by atoms with E-state index >= 15 is 0 Å². The predicted molar refractivity (Wildman–Crippen MR) is 84.7 cm³/mol. The minimum Gasteiger partial charge on any atom is -0.326 e. The minimum atomic E-state index is -4.10. The van der Waals surface area contributed by atoms with Gasteiger partial charge in [0.1, 0.15) is 0 Å². The fourth-order valence-electron chi connectivity index (χ4n) is 1.87.